The van der Waals surface area contributed by atoms with Crippen molar-refractivity contribution in [2.75, 3.05) is 6.54 Å². The number of aryl methyl sites for hydroxylation is 1. The molecular weight excluding hydrogens is 402 g/mol. The number of amides is 1. The van der Waals surface area contributed by atoms with Gasteiger partial charge in [-0.1, -0.05) is 25.8 Å². The molecule has 0 saturated carbocycles. The van der Waals surface area contributed by atoms with Gasteiger partial charge in [0.05, 0.1) is 6.33 Å². The Morgan fingerprint density at radius 2 is 2.16 bits per heavy atom. The second kappa shape index (κ2) is 9.39. The second-order valence-corrected chi connectivity index (χ2v) is 9.65. The maximum atomic E-state index is 12.9. The van der Waals surface area contributed by atoms with E-state index in [1.54, 1.807) is 12.5 Å². The van der Waals surface area contributed by atoms with Crippen molar-refractivity contribution in [1.29, 1.82) is 0 Å². The van der Waals surface area contributed by atoms with Crippen LogP contribution < -0.4 is 10.1 Å². The fourth-order valence-corrected chi connectivity index (χ4v) is 5.21. The van der Waals surface area contributed by atoms with Gasteiger partial charge in [0.15, 0.2) is 0 Å². The van der Waals surface area contributed by atoms with Gasteiger partial charge in [0.1, 0.15) is 17.1 Å². The minimum atomic E-state index is -0.356. The number of aromatic amines is 1. The summed E-state index contributed by atoms with van der Waals surface area (Å²) in [5.74, 6) is 1.35. The number of carbonyl (C=O) groups is 1. The molecule has 0 radical (unpaired) electrons. The molecule has 1 aliphatic heterocycles. The molecule has 2 aromatic rings. The van der Waals surface area contributed by atoms with Crippen LogP contribution in [-0.2, 0) is 17.6 Å². The lowest BCUT2D eigenvalue weighted by Crippen LogP contribution is -2.46. The van der Waals surface area contributed by atoms with Gasteiger partial charge in [-0.05, 0) is 57.2 Å². The Morgan fingerprint density at radius 1 is 1.31 bits per heavy atom. The average Bonchev–Trinajstić information content (AvgIpc) is 3.26. The maximum absolute atomic E-state index is 12.9. The largest absolute Gasteiger partial charge is 0.508 e. The molecule has 1 aromatic heterocycles. The van der Waals surface area contributed by atoms with Gasteiger partial charge in [-0.3, -0.25) is 4.79 Å². The second-order valence-electron chi connectivity index (χ2n) is 9.65. The fraction of sp³-hybridized carbons (Fsp3) is 0.538. The van der Waals surface area contributed by atoms with Crippen molar-refractivity contribution in [2.24, 2.45) is 5.92 Å². The molecule has 2 unspecified atom stereocenters. The monoisotopic (exact) mass is 437 g/mol. The number of ether oxygens (including phenoxy) is 1. The number of hydrogen-bond acceptors (Lipinski definition) is 4. The van der Waals surface area contributed by atoms with Crippen LogP contribution in [0.3, 0.4) is 0 Å². The number of phenolic OH excluding ortho intramolecular Hbond substituents is 1. The quantitative estimate of drug-likeness (QED) is 0.518. The Hall–Kier alpha value is -2.76. The molecular formula is C26H35N3O3. The molecule has 0 spiro atoms. The molecule has 2 atom stereocenters. The van der Waals surface area contributed by atoms with Gasteiger partial charge in [0.25, 0.3) is 0 Å². The van der Waals surface area contributed by atoms with E-state index in [-0.39, 0.29) is 23.3 Å². The molecule has 2 heterocycles. The van der Waals surface area contributed by atoms with E-state index in [0.29, 0.717) is 18.7 Å². The third kappa shape index (κ3) is 4.69. The predicted molar refractivity (Wildman–Crippen MR) is 125 cm³/mol. The minimum absolute atomic E-state index is 0.0236. The normalized spacial score (nSPS) is 21.2. The van der Waals surface area contributed by atoms with E-state index in [1.807, 2.05) is 6.07 Å². The molecule has 6 nitrogen and oxygen atoms in total. The molecule has 3 N–H and O–H groups in total. The van der Waals surface area contributed by atoms with Gasteiger partial charge in [0, 0.05) is 47.8 Å². The molecule has 172 valence electrons. The molecule has 0 saturated heterocycles. The Kier molecular flexibility index (Phi) is 6.58. The third-order valence-electron chi connectivity index (χ3n) is 6.96. The van der Waals surface area contributed by atoms with Crippen LogP contribution in [0.5, 0.6) is 11.5 Å². The number of aromatic hydroxyl groups is 1. The molecule has 2 aliphatic rings. The van der Waals surface area contributed by atoms with Crippen LogP contribution in [0.15, 0.2) is 36.3 Å². The van der Waals surface area contributed by atoms with Crippen molar-refractivity contribution < 1.29 is 14.6 Å². The first kappa shape index (κ1) is 22.4. The van der Waals surface area contributed by atoms with Crippen molar-refractivity contribution in [3.05, 3.63) is 53.1 Å². The van der Waals surface area contributed by atoms with E-state index in [4.69, 9.17) is 4.74 Å². The molecule has 1 aliphatic carbocycles. The molecule has 1 amide bonds. The van der Waals surface area contributed by atoms with E-state index in [0.717, 1.165) is 53.8 Å². The number of fused-ring (bicyclic) bond motifs is 3. The first-order valence-electron chi connectivity index (χ1n) is 11.9. The summed E-state index contributed by atoms with van der Waals surface area (Å²) in [6.07, 6.45) is 12.0. The summed E-state index contributed by atoms with van der Waals surface area (Å²) >= 11 is 0. The number of benzene rings is 1. The van der Waals surface area contributed by atoms with E-state index in [1.165, 1.54) is 12.8 Å². The smallest absolute Gasteiger partial charge is 0.246 e. The molecule has 6 heteroatoms. The van der Waals surface area contributed by atoms with Gasteiger partial charge in [-0.25, -0.2) is 4.98 Å². The SMILES string of the molecule is CCCCCc1cc(O)c2c(c1)OC(C)(C)C1CC=C(C(=O)NCCc3cnc[nH]3)CC21. The van der Waals surface area contributed by atoms with Crippen LogP contribution in [0.25, 0.3) is 0 Å². The van der Waals surface area contributed by atoms with E-state index < -0.39 is 0 Å². The number of aromatic nitrogens is 2. The van der Waals surface area contributed by atoms with E-state index in [9.17, 15) is 9.90 Å². The topological polar surface area (TPSA) is 87.2 Å². The highest BCUT2D eigenvalue weighted by molar-refractivity contribution is 5.93. The Balaban J connectivity index is 1.51. The van der Waals surface area contributed by atoms with Gasteiger partial charge in [0.2, 0.25) is 5.91 Å². The molecule has 4 rings (SSSR count). The van der Waals surface area contributed by atoms with E-state index in [2.05, 4.69) is 48.2 Å². The number of imidazole rings is 1. The number of allylic oxidation sites excluding steroid dienone is 1. The first-order chi connectivity index (χ1) is 15.4. The number of hydrogen-bond donors (Lipinski definition) is 3. The number of nitrogens with one attached hydrogen (secondary N) is 2. The van der Waals surface area contributed by atoms with Crippen LogP contribution in [0.1, 0.15) is 75.6 Å². The minimum Gasteiger partial charge on any atom is -0.508 e. The number of phenols is 1. The Labute approximate surface area is 190 Å². The maximum Gasteiger partial charge on any atom is 0.246 e. The third-order valence-corrected chi connectivity index (χ3v) is 6.96. The summed E-state index contributed by atoms with van der Waals surface area (Å²) < 4.78 is 6.42. The lowest BCUT2D eigenvalue weighted by atomic mass is 9.67. The van der Waals surface area contributed by atoms with Crippen molar-refractivity contribution in [3.63, 3.8) is 0 Å². The first-order valence-corrected chi connectivity index (χ1v) is 11.9. The standard InChI is InChI=1S/C26H35N3O3/c1-4-5-6-7-17-12-22(30)24-20-14-18(25(31)28-11-10-19-15-27-16-29-19)8-9-21(20)26(2,3)32-23(24)13-17/h8,12-13,15-16,20-21,30H,4-7,9-11,14H2,1-3H3,(H,27,29)(H,28,31). The number of nitrogens with zero attached hydrogens (tertiary/aromatic N) is 1. The number of unbranched alkanes of at least 4 members (excludes halogenated alkanes) is 2. The zero-order valence-electron chi connectivity index (χ0n) is 19.4. The summed E-state index contributed by atoms with van der Waals surface area (Å²) in [5.41, 5.74) is 3.43. The van der Waals surface area contributed by atoms with Crippen molar-refractivity contribution in [1.82, 2.24) is 15.3 Å². The van der Waals surface area contributed by atoms with E-state index >= 15 is 0 Å². The Morgan fingerprint density at radius 3 is 2.91 bits per heavy atom. The van der Waals surface area contributed by atoms with Gasteiger partial charge in [-0.15, -0.1) is 0 Å². The molecule has 0 fully saturated rings. The number of H-pyrrole nitrogens is 1. The van der Waals surface area contributed by atoms with Crippen LogP contribution in [-0.4, -0.2) is 33.1 Å². The van der Waals surface area contributed by atoms with Gasteiger partial charge < -0.3 is 20.1 Å². The number of carbonyl (C=O) groups excluding carboxylic acids is 1. The summed E-state index contributed by atoms with van der Waals surface area (Å²) in [4.78, 5) is 19.9. The van der Waals surface area contributed by atoms with Crippen molar-refractivity contribution in [3.8, 4) is 11.5 Å². The highest BCUT2D eigenvalue weighted by Gasteiger charge is 2.46. The zero-order chi connectivity index (χ0) is 22.7. The van der Waals surface area contributed by atoms with Gasteiger partial charge in [-0.2, -0.15) is 0 Å². The van der Waals surface area contributed by atoms with Crippen LogP contribution in [0.2, 0.25) is 0 Å². The summed E-state index contributed by atoms with van der Waals surface area (Å²) in [6.45, 7) is 7.00. The molecule has 0 bridgehead atoms. The average molecular weight is 438 g/mol. The van der Waals surface area contributed by atoms with Crippen molar-refractivity contribution >= 4 is 5.91 Å². The summed E-state index contributed by atoms with van der Waals surface area (Å²) in [5, 5.41) is 14.0. The fourth-order valence-electron chi connectivity index (χ4n) is 5.21. The molecule has 32 heavy (non-hydrogen) atoms. The lowest BCUT2D eigenvalue weighted by molar-refractivity contribution is -0.118. The lowest BCUT2D eigenvalue weighted by Gasteiger charge is -2.47. The Bertz CT molecular complexity index is 978. The van der Waals surface area contributed by atoms with Crippen LogP contribution >= 0.6 is 0 Å². The predicted octanol–water partition coefficient (Wildman–Crippen LogP) is 4.80. The van der Waals surface area contributed by atoms with Crippen LogP contribution in [0.4, 0.5) is 0 Å². The van der Waals surface area contributed by atoms with Crippen molar-refractivity contribution in [2.45, 2.75) is 77.2 Å². The summed E-state index contributed by atoms with van der Waals surface area (Å²) in [6, 6.07) is 4.00. The van der Waals surface area contributed by atoms with Gasteiger partial charge >= 0.3 is 0 Å². The highest BCUT2D eigenvalue weighted by atomic mass is 16.5. The highest BCUT2D eigenvalue weighted by Crippen LogP contribution is 2.54. The van der Waals surface area contributed by atoms with Crippen LogP contribution in [0, 0.1) is 5.92 Å². The summed E-state index contributed by atoms with van der Waals surface area (Å²) in [7, 11) is 0. The molecule has 1 aromatic carbocycles. The zero-order valence-corrected chi connectivity index (χ0v) is 19.4. The number of rotatable bonds is 8.